The molecule has 0 bridgehead atoms. The van der Waals surface area contributed by atoms with E-state index in [4.69, 9.17) is 16.3 Å². The summed E-state index contributed by atoms with van der Waals surface area (Å²) in [6.07, 6.45) is 0. The number of rotatable bonds is 4. The Kier molecular flexibility index (Phi) is 4.77. The maximum atomic E-state index is 13.0. The third-order valence-electron chi connectivity index (χ3n) is 4.00. The van der Waals surface area contributed by atoms with Crippen LogP contribution in [-0.2, 0) is 14.3 Å². The van der Waals surface area contributed by atoms with Crippen molar-refractivity contribution in [3.63, 3.8) is 0 Å². The van der Waals surface area contributed by atoms with Crippen molar-refractivity contribution in [3.8, 4) is 0 Å². The maximum absolute atomic E-state index is 13.0. The van der Waals surface area contributed by atoms with Crippen molar-refractivity contribution in [2.75, 3.05) is 17.9 Å². The molecule has 0 unspecified atom stereocenters. The molecule has 0 spiro atoms. The Hall–Kier alpha value is -3.12. The Bertz CT molecular complexity index is 936. The monoisotopic (exact) mass is 371 g/mol. The molecule has 26 heavy (non-hydrogen) atoms. The second-order valence-corrected chi connectivity index (χ2v) is 5.75. The molecule has 1 aliphatic heterocycles. The number of aromatic carboxylic acids is 1. The van der Waals surface area contributed by atoms with Crippen LogP contribution in [0.5, 0.6) is 0 Å². The summed E-state index contributed by atoms with van der Waals surface area (Å²) in [6, 6.07) is 13.1. The van der Waals surface area contributed by atoms with Crippen molar-refractivity contribution in [2.24, 2.45) is 0 Å². The topological polar surface area (TPSA) is 83.9 Å². The van der Waals surface area contributed by atoms with Crippen LogP contribution in [-0.4, -0.2) is 35.9 Å². The standard InChI is InChI=1S/C19H14ClNO5/c1-26-17(11-5-3-2-4-6-11)16-13-8-7-12(19(24)25)9-14(13)21(18(16)23)15(22)10-20/h2-9H,10H2,1H3,(H,24,25). The van der Waals surface area contributed by atoms with Gasteiger partial charge in [0.1, 0.15) is 11.6 Å². The largest absolute Gasteiger partial charge is 0.495 e. The van der Waals surface area contributed by atoms with Gasteiger partial charge in [0.2, 0.25) is 5.91 Å². The van der Waals surface area contributed by atoms with Gasteiger partial charge in [-0.15, -0.1) is 11.6 Å². The van der Waals surface area contributed by atoms with Gasteiger partial charge in [-0.1, -0.05) is 36.4 Å². The summed E-state index contributed by atoms with van der Waals surface area (Å²) in [5.74, 6) is -2.52. The van der Waals surface area contributed by atoms with Crippen LogP contribution >= 0.6 is 11.6 Å². The number of imide groups is 1. The predicted molar refractivity (Wildman–Crippen MR) is 96.9 cm³/mol. The summed E-state index contributed by atoms with van der Waals surface area (Å²) in [4.78, 5) is 37.4. The lowest BCUT2D eigenvalue weighted by Gasteiger charge is -2.14. The van der Waals surface area contributed by atoms with Crippen LogP contribution in [0.2, 0.25) is 0 Å². The number of carbonyl (C=O) groups is 3. The lowest BCUT2D eigenvalue weighted by Crippen LogP contribution is -2.34. The number of alkyl halides is 1. The van der Waals surface area contributed by atoms with E-state index < -0.39 is 23.7 Å². The van der Waals surface area contributed by atoms with Gasteiger partial charge >= 0.3 is 5.97 Å². The first kappa shape index (κ1) is 17.7. The van der Waals surface area contributed by atoms with Gasteiger partial charge in [0, 0.05) is 11.1 Å². The van der Waals surface area contributed by atoms with Gasteiger partial charge < -0.3 is 9.84 Å². The highest BCUT2D eigenvalue weighted by Gasteiger charge is 2.39. The fraction of sp³-hybridized carbons (Fsp3) is 0.105. The van der Waals surface area contributed by atoms with Crippen LogP contribution in [0, 0.1) is 0 Å². The Morgan fingerprint density at radius 3 is 2.38 bits per heavy atom. The molecular weight excluding hydrogens is 358 g/mol. The van der Waals surface area contributed by atoms with Gasteiger partial charge in [0.05, 0.1) is 23.9 Å². The Balaban J connectivity index is 2.29. The molecule has 132 valence electrons. The van der Waals surface area contributed by atoms with Crippen molar-refractivity contribution in [2.45, 2.75) is 0 Å². The number of nitrogens with zero attached hydrogens (tertiary/aromatic N) is 1. The summed E-state index contributed by atoms with van der Waals surface area (Å²) >= 11 is 5.64. The molecule has 0 atom stereocenters. The van der Waals surface area contributed by atoms with Crippen LogP contribution in [0.25, 0.3) is 11.3 Å². The number of amides is 2. The molecule has 1 heterocycles. The van der Waals surface area contributed by atoms with Gasteiger partial charge in [0.15, 0.2) is 0 Å². The van der Waals surface area contributed by atoms with E-state index in [0.717, 1.165) is 4.90 Å². The molecule has 0 saturated heterocycles. The van der Waals surface area contributed by atoms with E-state index in [9.17, 15) is 19.5 Å². The summed E-state index contributed by atoms with van der Waals surface area (Å²) < 4.78 is 5.46. The van der Waals surface area contributed by atoms with Gasteiger partial charge in [-0.2, -0.15) is 0 Å². The molecular formula is C19H14ClNO5. The molecule has 0 aliphatic carbocycles. The quantitative estimate of drug-likeness (QED) is 0.507. The highest BCUT2D eigenvalue weighted by molar-refractivity contribution is 6.46. The SMILES string of the molecule is COC(=C1C(=O)N(C(=O)CCl)c2cc(C(=O)O)ccc21)c1ccccc1. The molecule has 3 rings (SSSR count). The lowest BCUT2D eigenvalue weighted by molar-refractivity contribution is -0.122. The molecule has 1 N–H and O–H groups in total. The first-order chi connectivity index (χ1) is 12.5. The number of fused-ring (bicyclic) bond motifs is 1. The second kappa shape index (κ2) is 7.01. The van der Waals surface area contributed by atoms with E-state index in [1.165, 1.54) is 25.3 Å². The Morgan fingerprint density at radius 2 is 1.81 bits per heavy atom. The number of methoxy groups -OCH3 is 1. The zero-order valence-corrected chi connectivity index (χ0v) is 14.5. The highest BCUT2D eigenvalue weighted by Crippen LogP contribution is 2.41. The third-order valence-corrected chi connectivity index (χ3v) is 4.23. The normalized spacial score (nSPS) is 14.8. The van der Waals surface area contributed by atoms with Crippen LogP contribution in [0.3, 0.4) is 0 Å². The molecule has 0 aromatic heterocycles. The van der Waals surface area contributed by atoms with Crippen LogP contribution < -0.4 is 4.90 Å². The number of hydrogen-bond donors (Lipinski definition) is 1. The summed E-state index contributed by atoms with van der Waals surface area (Å²) in [5.41, 5.74) is 1.40. The highest BCUT2D eigenvalue weighted by atomic mass is 35.5. The Morgan fingerprint density at radius 1 is 1.12 bits per heavy atom. The average molecular weight is 372 g/mol. The number of carboxylic acid groups (broad SMARTS) is 1. The molecule has 6 nitrogen and oxygen atoms in total. The summed E-state index contributed by atoms with van der Waals surface area (Å²) in [5, 5.41) is 9.21. The molecule has 2 aromatic rings. The van der Waals surface area contributed by atoms with E-state index in [0.29, 0.717) is 16.9 Å². The molecule has 0 saturated carbocycles. The minimum atomic E-state index is -1.16. The fourth-order valence-corrected chi connectivity index (χ4v) is 3.00. The van der Waals surface area contributed by atoms with Crippen LogP contribution in [0.1, 0.15) is 21.5 Å². The van der Waals surface area contributed by atoms with Gasteiger partial charge in [-0.05, 0) is 12.1 Å². The van der Waals surface area contributed by atoms with E-state index >= 15 is 0 Å². The number of hydrogen-bond acceptors (Lipinski definition) is 4. The number of anilines is 1. The minimum absolute atomic E-state index is 0.0381. The molecule has 0 radical (unpaired) electrons. The lowest BCUT2D eigenvalue weighted by atomic mass is 10.0. The first-order valence-corrected chi connectivity index (χ1v) is 8.17. The van der Waals surface area contributed by atoms with Gasteiger partial charge in [-0.25, -0.2) is 9.69 Å². The predicted octanol–water partition coefficient (Wildman–Crippen LogP) is 3.01. The minimum Gasteiger partial charge on any atom is -0.495 e. The van der Waals surface area contributed by atoms with Crippen molar-refractivity contribution >= 4 is 46.4 Å². The zero-order chi connectivity index (χ0) is 18.8. The zero-order valence-electron chi connectivity index (χ0n) is 13.7. The van der Waals surface area contributed by atoms with Gasteiger partial charge in [-0.3, -0.25) is 9.59 Å². The van der Waals surface area contributed by atoms with E-state index in [2.05, 4.69) is 0 Å². The van der Waals surface area contributed by atoms with Crippen molar-refractivity contribution in [3.05, 3.63) is 65.2 Å². The second-order valence-electron chi connectivity index (χ2n) is 5.48. The molecule has 0 fully saturated rings. The number of carboxylic acids is 1. The van der Waals surface area contributed by atoms with Crippen LogP contribution in [0.15, 0.2) is 48.5 Å². The molecule has 1 aliphatic rings. The molecule has 2 amide bonds. The van der Waals surface area contributed by atoms with Crippen molar-refractivity contribution in [1.29, 1.82) is 0 Å². The third kappa shape index (κ3) is 2.84. The first-order valence-electron chi connectivity index (χ1n) is 7.64. The smallest absolute Gasteiger partial charge is 0.335 e. The fourth-order valence-electron chi connectivity index (χ4n) is 2.88. The molecule has 2 aromatic carbocycles. The number of ether oxygens (including phenoxy) is 1. The average Bonchev–Trinajstić information content (AvgIpc) is 2.94. The van der Waals surface area contributed by atoms with Crippen molar-refractivity contribution < 1.29 is 24.2 Å². The summed E-state index contributed by atoms with van der Waals surface area (Å²) in [7, 11) is 1.43. The van der Waals surface area contributed by atoms with E-state index in [1.54, 1.807) is 24.3 Å². The number of halogens is 1. The maximum Gasteiger partial charge on any atom is 0.335 e. The summed E-state index contributed by atoms with van der Waals surface area (Å²) in [6.45, 7) is 0. The van der Waals surface area contributed by atoms with E-state index in [-0.39, 0.29) is 16.8 Å². The molecule has 7 heteroatoms. The van der Waals surface area contributed by atoms with E-state index in [1.807, 2.05) is 6.07 Å². The number of carbonyl (C=O) groups excluding carboxylic acids is 2. The van der Waals surface area contributed by atoms with Crippen molar-refractivity contribution in [1.82, 2.24) is 0 Å². The van der Waals surface area contributed by atoms with Crippen LogP contribution in [0.4, 0.5) is 5.69 Å². The van der Waals surface area contributed by atoms with Gasteiger partial charge in [0.25, 0.3) is 5.91 Å². The number of benzene rings is 2. The Labute approximate surface area is 154 Å².